The molecule has 0 aliphatic heterocycles. The summed E-state index contributed by atoms with van der Waals surface area (Å²) in [6.45, 7) is 0. The van der Waals surface area contributed by atoms with Crippen molar-refractivity contribution in [1.29, 1.82) is 0 Å². The molecule has 0 aromatic heterocycles. The summed E-state index contributed by atoms with van der Waals surface area (Å²) in [5.74, 6) is -0.768. The normalized spacial score (nSPS) is 9.53. The minimum absolute atomic E-state index is 0.424. The number of amides is 1. The van der Waals surface area contributed by atoms with Crippen molar-refractivity contribution >= 4 is 17.6 Å². The third-order valence-electron chi connectivity index (χ3n) is 1.95. The smallest absolute Gasteiger partial charge is 0.312 e. The molecule has 0 fully saturated rings. The van der Waals surface area contributed by atoms with Crippen molar-refractivity contribution in [2.75, 3.05) is 19.5 Å². The SMILES string of the molecule is COc1cc(NC(=O)CC(=O)O)cc(OC)c1. The lowest BCUT2D eigenvalue weighted by molar-refractivity contribution is -0.139. The fourth-order valence-corrected chi connectivity index (χ4v) is 1.22. The van der Waals surface area contributed by atoms with E-state index in [0.717, 1.165) is 0 Å². The van der Waals surface area contributed by atoms with Crippen molar-refractivity contribution < 1.29 is 24.2 Å². The Morgan fingerprint density at radius 2 is 1.71 bits per heavy atom. The molecule has 0 bridgehead atoms. The number of hydrogen-bond donors (Lipinski definition) is 2. The van der Waals surface area contributed by atoms with Crippen LogP contribution in [0.3, 0.4) is 0 Å². The Balaban J connectivity index is 2.82. The number of carbonyl (C=O) groups is 2. The molecule has 1 aromatic rings. The standard InChI is InChI=1S/C11H13NO5/c1-16-8-3-7(4-9(5-8)17-2)12-10(13)6-11(14)15/h3-5H,6H2,1-2H3,(H,12,13)(H,14,15). The first-order valence-corrected chi connectivity index (χ1v) is 4.80. The molecule has 1 rings (SSSR count). The molecule has 0 saturated carbocycles. The van der Waals surface area contributed by atoms with Gasteiger partial charge in [-0.25, -0.2) is 0 Å². The Kier molecular flexibility index (Phi) is 4.33. The predicted molar refractivity (Wildman–Crippen MR) is 60.4 cm³/mol. The lowest BCUT2D eigenvalue weighted by Crippen LogP contribution is -2.15. The summed E-state index contributed by atoms with van der Waals surface area (Å²) in [7, 11) is 2.97. The summed E-state index contributed by atoms with van der Waals surface area (Å²) < 4.78 is 10.0. The topological polar surface area (TPSA) is 84.9 Å². The minimum atomic E-state index is -1.18. The molecular formula is C11H13NO5. The molecule has 1 aromatic carbocycles. The van der Waals surface area contributed by atoms with Gasteiger partial charge in [-0.3, -0.25) is 9.59 Å². The van der Waals surface area contributed by atoms with E-state index in [1.165, 1.54) is 14.2 Å². The highest BCUT2D eigenvalue weighted by Gasteiger charge is 2.09. The highest BCUT2D eigenvalue weighted by Crippen LogP contribution is 2.25. The average Bonchev–Trinajstić information content (AvgIpc) is 2.27. The zero-order chi connectivity index (χ0) is 12.8. The summed E-state index contributed by atoms with van der Waals surface area (Å²) in [5, 5.41) is 10.9. The highest BCUT2D eigenvalue weighted by atomic mass is 16.5. The van der Waals surface area contributed by atoms with Gasteiger partial charge in [-0.1, -0.05) is 0 Å². The van der Waals surface area contributed by atoms with E-state index in [0.29, 0.717) is 17.2 Å². The lowest BCUT2D eigenvalue weighted by Gasteiger charge is -2.09. The second-order valence-electron chi connectivity index (χ2n) is 3.22. The van der Waals surface area contributed by atoms with E-state index in [9.17, 15) is 9.59 Å². The molecule has 0 atom stereocenters. The van der Waals surface area contributed by atoms with Crippen LogP contribution in [0.5, 0.6) is 11.5 Å². The van der Waals surface area contributed by atoms with Gasteiger partial charge in [-0.15, -0.1) is 0 Å². The number of carbonyl (C=O) groups excluding carboxylic acids is 1. The molecule has 0 aliphatic rings. The summed E-state index contributed by atoms with van der Waals surface area (Å²) >= 11 is 0. The molecule has 0 saturated heterocycles. The van der Waals surface area contributed by atoms with Gasteiger partial charge < -0.3 is 19.9 Å². The van der Waals surface area contributed by atoms with Gasteiger partial charge >= 0.3 is 5.97 Å². The first kappa shape index (κ1) is 12.8. The first-order chi connectivity index (χ1) is 8.05. The van der Waals surface area contributed by atoms with E-state index in [2.05, 4.69) is 5.32 Å². The number of methoxy groups -OCH3 is 2. The molecule has 2 N–H and O–H groups in total. The second kappa shape index (κ2) is 5.74. The fourth-order valence-electron chi connectivity index (χ4n) is 1.22. The van der Waals surface area contributed by atoms with Gasteiger partial charge in [0.2, 0.25) is 5.91 Å². The molecule has 6 heteroatoms. The highest BCUT2D eigenvalue weighted by molar-refractivity contribution is 6.01. The minimum Gasteiger partial charge on any atom is -0.497 e. The zero-order valence-electron chi connectivity index (χ0n) is 9.52. The third-order valence-corrected chi connectivity index (χ3v) is 1.95. The number of hydrogen-bond acceptors (Lipinski definition) is 4. The third kappa shape index (κ3) is 4.02. The monoisotopic (exact) mass is 239 g/mol. The Labute approximate surface area is 98.2 Å². The molecule has 6 nitrogen and oxygen atoms in total. The summed E-state index contributed by atoms with van der Waals surface area (Å²) in [6, 6.07) is 4.79. The number of nitrogens with one attached hydrogen (secondary N) is 1. The molecule has 1 amide bonds. The molecule has 0 aliphatic carbocycles. The average molecular weight is 239 g/mol. The molecule has 0 radical (unpaired) electrons. The maximum Gasteiger partial charge on any atom is 0.312 e. The molecular weight excluding hydrogens is 226 g/mol. The van der Waals surface area contributed by atoms with E-state index in [1.807, 2.05) is 0 Å². The van der Waals surface area contributed by atoms with Crippen LogP contribution in [0.2, 0.25) is 0 Å². The van der Waals surface area contributed by atoms with E-state index in [-0.39, 0.29) is 0 Å². The molecule has 0 heterocycles. The van der Waals surface area contributed by atoms with Crippen LogP contribution in [-0.4, -0.2) is 31.2 Å². The number of anilines is 1. The van der Waals surface area contributed by atoms with Gasteiger partial charge in [0.05, 0.1) is 14.2 Å². The van der Waals surface area contributed by atoms with Crippen LogP contribution >= 0.6 is 0 Å². The maximum atomic E-state index is 11.2. The Hall–Kier alpha value is -2.24. The second-order valence-corrected chi connectivity index (χ2v) is 3.22. The Morgan fingerprint density at radius 1 is 1.18 bits per heavy atom. The predicted octanol–water partition coefficient (Wildman–Crippen LogP) is 1.12. The fraction of sp³-hybridized carbons (Fsp3) is 0.273. The van der Waals surface area contributed by atoms with Crippen molar-refractivity contribution in [3.63, 3.8) is 0 Å². The molecule has 0 spiro atoms. The molecule has 0 unspecified atom stereocenters. The van der Waals surface area contributed by atoms with Crippen LogP contribution in [0.4, 0.5) is 5.69 Å². The number of rotatable bonds is 5. The number of ether oxygens (including phenoxy) is 2. The summed E-state index contributed by atoms with van der Waals surface area (Å²) in [4.78, 5) is 21.6. The first-order valence-electron chi connectivity index (χ1n) is 4.80. The van der Waals surface area contributed by atoms with Crippen molar-refractivity contribution in [1.82, 2.24) is 0 Å². The van der Waals surface area contributed by atoms with E-state index in [4.69, 9.17) is 14.6 Å². The van der Waals surface area contributed by atoms with Crippen molar-refractivity contribution in [3.8, 4) is 11.5 Å². The van der Waals surface area contributed by atoms with Gasteiger partial charge in [0, 0.05) is 23.9 Å². The van der Waals surface area contributed by atoms with Gasteiger partial charge in [-0.05, 0) is 0 Å². The van der Waals surface area contributed by atoms with Gasteiger partial charge in [-0.2, -0.15) is 0 Å². The van der Waals surface area contributed by atoms with Crippen LogP contribution in [-0.2, 0) is 9.59 Å². The van der Waals surface area contributed by atoms with E-state index < -0.39 is 18.3 Å². The Morgan fingerprint density at radius 3 is 2.12 bits per heavy atom. The van der Waals surface area contributed by atoms with Gasteiger partial charge in [0.25, 0.3) is 0 Å². The summed E-state index contributed by atoms with van der Waals surface area (Å²) in [6.07, 6.45) is -0.584. The zero-order valence-corrected chi connectivity index (χ0v) is 9.52. The van der Waals surface area contributed by atoms with Gasteiger partial charge in [0.15, 0.2) is 0 Å². The van der Waals surface area contributed by atoms with Crippen LogP contribution < -0.4 is 14.8 Å². The maximum absolute atomic E-state index is 11.2. The van der Waals surface area contributed by atoms with Crippen LogP contribution in [0.15, 0.2) is 18.2 Å². The van der Waals surface area contributed by atoms with Crippen LogP contribution in [0.25, 0.3) is 0 Å². The number of carboxylic acids is 1. The van der Waals surface area contributed by atoms with Gasteiger partial charge in [0.1, 0.15) is 17.9 Å². The van der Waals surface area contributed by atoms with Crippen molar-refractivity contribution in [2.45, 2.75) is 6.42 Å². The molecule has 92 valence electrons. The van der Waals surface area contributed by atoms with Crippen molar-refractivity contribution in [2.24, 2.45) is 0 Å². The lowest BCUT2D eigenvalue weighted by atomic mass is 10.2. The van der Waals surface area contributed by atoms with Crippen LogP contribution in [0.1, 0.15) is 6.42 Å². The van der Waals surface area contributed by atoms with Crippen molar-refractivity contribution in [3.05, 3.63) is 18.2 Å². The number of benzene rings is 1. The molecule has 17 heavy (non-hydrogen) atoms. The number of carboxylic acid groups (broad SMARTS) is 1. The largest absolute Gasteiger partial charge is 0.497 e. The summed E-state index contributed by atoms with van der Waals surface area (Å²) in [5.41, 5.74) is 0.424. The quantitative estimate of drug-likeness (QED) is 0.752. The van der Waals surface area contributed by atoms with E-state index >= 15 is 0 Å². The van der Waals surface area contributed by atoms with Crippen LogP contribution in [0, 0.1) is 0 Å². The Bertz CT molecular complexity index is 408. The van der Waals surface area contributed by atoms with E-state index in [1.54, 1.807) is 18.2 Å². The number of aliphatic carboxylic acids is 1.